The first-order chi connectivity index (χ1) is 6.24. The van der Waals surface area contributed by atoms with Gasteiger partial charge in [0.2, 0.25) is 5.91 Å². The fraction of sp³-hybridized carbons (Fsp3) is 0.700. The molecule has 0 radical (unpaired) electrons. The van der Waals surface area contributed by atoms with Crippen LogP contribution in [0.4, 0.5) is 0 Å². The van der Waals surface area contributed by atoms with E-state index in [1.807, 2.05) is 11.8 Å². The summed E-state index contributed by atoms with van der Waals surface area (Å²) in [5.41, 5.74) is 0. The van der Waals surface area contributed by atoms with Gasteiger partial charge in [0.1, 0.15) is 0 Å². The monoisotopic (exact) mass is 180 g/mol. The van der Waals surface area contributed by atoms with Crippen LogP contribution in [0.2, 0.25) is 0 Å². The van der Waals surface area contributed by atoms with Gasteiger partial charge in [-0.1, -0.05) is 5.92 Å². The topological polar surface area (TPSA) is 32.3 Å². The Bertz CT molecular complexity index is 213. The molecule has 1 fully saturated rings. The van der Waals surface area contributed by atoms with E-state index in [1.54, 1.807) is 0 Å². The van der Waals surface area contributed by atoms with Crippen LogP contribution in [0.25, 0.3) is 0 Å². The average molecular weight is 180 g/mol. The van der Waals surface area contributed by atoms with Gasteiger partial charge in [0, 0.05) is 13.1 Å². The molecule has 1 heterocycles. The molecule has 1 amide bonds. The highest BCUT2D eigenvalue weighted by atomic mass is 16.2. The van der Waals surface area contributed by atoms with Crippen LogP contribution in [0, 0.1) is 12.3 Å². The molecule has 0 saturated carbocycles. The smallest absolute Gasteiger partial charge is 0.236 e. The quantitative estimate of drug-likeness (QED) is 0.630. The van der Waals surface area contributed by atoms with Crippen molar-refractivity contribution in [1.82, 2.24) is 10.2 Å². The zero-order chi connectivity index (χ0) is 9.68. The number of nitrogens with one attached hydrogen (secondary N) is 1. The summed E-state index contributed by atoms with van der Waals surface area (Å²) in [6.07, 6.45) is 7.45. The lowest BCUT2D eigenvalue weighted by Gasteiger charge is -2.16. The van der Waals surface area contributed by atoms with Crippen LogP contribution < -0.4 is 5.32 Å². The Morgan fingerprint density at radius 1 is 1.62 bits per heavy atom. The standard InChI is InChI=1S/C10H16N2O/c1-3-9(2)11-8-10(13)12-6-4-5-7-12/h1,9,11H,4-8H2,2H3. The van der Waals surface area contributed by atoms with Gasteiger partial charge in [0.25, 0.3) is 0 Å². The molecule has 0 bridgehead atoms. The lowest BCUT2D eigenvalue weighted by molar-refractivity contribution is -0.129. The van der Waals surface area contributed by atoms with Crippen molar-refractivity contribution in [1.29, 1.82) is 0 Å². The largest absolute Gasteiger partial charge is 0.342 e. The number of hydrogen-bond donors (Lipinski definition) is 1. The highest BCUT2D eigenvalue weighted by Crippen LogP contribution is 2.06. The van der Waals surface area contributed by atoms with Crippen LogP contribution in [0.1, 0.15) is 19.8 Å². The summed E-state index contributed by atoms with van der Waals surface area (Å²) >= 11 is 0. The first kappa shape index (κ1) is 10.1. The first-order valence-corrected chi connectivity index (χ1v) is 4.71. The Morgan fingerprint density at radius 3 is 2.77 bits per heavy atom. The normalized spacial score (nSPS) is 18.3. The Hall–Kier alpha value is -1.01. The van der Waals surface area contributed by atoms with E-state index in [9.17, 15) is 4.79 Å². The molecular formula is C10H16N2O. The predicted molar refractivity (Wildman–Crippen MR) is 52.1 cm³/mol. The minimum absolute atomic E-state index is 0.0217. The summed E-state index contributed by atoms with van der Waals surface area (Å²) in [5.74, 6) is 2.70. The van der Waals surface area contributed by atoms with Crippen LogP contribution >= 0.6 is 0 Å². The lowest BCUT2D eigenvalue weighted by atomic mass is 10.3. The summed E-state index contributed by atoms with van der Waals surface area (Å²) < 4.78 is 0. The summed E-state index contributed by atoms with van der Waals surface area (Å²) in [5, 5.41) is 2.98. The van der Waals surface area contributed by atoms with Crippen LogP contribution in [0.3, 0.4) is 0 Å². The van der Waals surface area contributed by atoms with E-state index in [2.05, 4.69) is 11.2 Å². The van der Waals surface area contributed by atoms with E-state index in [-0.39, 0.29) is 11.9 Å². The van der Waals surface area contributed by atoms with Crippen molar-refractivity contribution in [3.8, 4) is 12.3 Å². The highest BCUT2D eigenvalue weighted by molar-refractivity contribution is 5.78. The first-order valence-electron chi connectivity index (χ1n) is 4.71. The number of amides is 1. The molecule has 3 nitrogen and oxygen atoms in total. The predicted octanol–water partition coefficient (Wildman–Crippen LogP) is 0.220. The third kappa shape index (κ3) is 3.08. The zero-order valence-electron chi connectivity index (χ0n) is 8.05. The third-order valence-corrected chi connectivity index (χ3v) is 2.27. The molecule has 13 heavy (non-hydrogen) atoms. The maximum atomic E-state index is 11.5. The molecule has 72 valence electrons. The Kier molecular flexibility index (Phi) is 3.78. The second-order valence-electron chi connectivity index (χ2n) is 3.36. The van der Waals surface area contributed by atoms with Gasteiger partial charge in [-0.05, 0) is 19.8 Å². The summed E-state index contributed by atoms with van der Waals surface area (Å²) in [7, 11) is 0. The summed E-state index contributed by atoms with van der Waals surface area (Å²) in [6.45, 7) is 4.05. The lowest BCUT2D eigenvalue weighted by Crippen LogP contribution is -2.39. The van der Waals surface area contributed by atoms with Crippen molar-refractivity contribution in [3.63, 3.8) is 0 Å². The van der Waals surface area contributed by atoms with Gasteiger partial charge in [-0.25, -0.2) is 0 Å². The van der Waals surface area contributed by atoms with Gasteiger partial charge < -0.3 is 4.90 Å². The molecule has 1 unspecified atom stereocenters. The van der Waals surface area contributed by atoms with Gasteiger partial charge in [-0.15, -0.1) is 6.42 Å². The van der Waals surface area contributed by atoms with Crippen LogP contribution in [0.5, 0.6) is 0 Å². The average Bonchev–Trinajstić information content (AvgIpc) is 2.66. The summed E-state index contributed by atoms with van der Waals surface area (Å²) in [4.78, 5) is 13.3. The number of carbonyl (C=O) groups excluding carboxylic acids is 1. The minimum Gasteiger partial charge on any atom is -0.342 e. The van der Waals surface area contributed by atoms with Crippen molar-refractivity contribution in [3.05, 3.63) is 0 Å². The highest BCUT2D eigenvalue weighted by Gasteiger charge is 2.17. The molecule has 1 rings (SSSR count). The number of nitrogens with zero attached hydrogens (tertiary/aromatic N) is 1. The summed E-state index contributed by atoms with van der Waals surface area (Å²) in [6, 6.07) is -0.0217. The Balaban J connectivity index is 2.21. The molecule has 1 aliphatic heterocycles. The van der Waals surface area contributed by atoms with E-state index in [0.717, 1.165) is 25.9 Å². The van der Waals surface area contributed by atoms with Crippen LogP contribution in [-0.2, 0) is 4.79 Å². The zero-order valence-corrected chi connectivity index (χ0v) is 8.05. The van der Waals surface area contributed by atoms with Crippen molar-refractivity contribution < 1.29 is 4.79 Å². The van der Waals surface area contributed by atoms with Gasteiger partial charge >= 0.3 is 0 Å². The van der Waals surface area contributed by atoms with Crippen molar-refractivity contribution in [2.75, 3.05) is 19.6 Å². The van der Waals surface area contributed by atoms with Gasteiger partial charge in [0.05, 0.1) is 12.6 Å². The number of likely N-dealkylation sites (tertiary alicyclic amines) is 1. The Labute approximate surface area is 79.5 Å². The fourth-order valence-electron chi connectivity index (χ4n) is 1.38. The maximum Gasteiger partial charge on any atom is 0.236 e. The van der Waals surface area contributed by atoms with E-state index in [1.165, 1.54) is 0 Å². The molecular weight excluding hydrogens is 164 g/mol. The molecule has 0 aliphatic carbocycles. The molecule has 1 saturated heterocycles. The second kappa shape index (κ2) is 4.88. The molecule has 0 aromatic heterocycles. The van der Waals surface area contributed by atoms with Crippen molar-refractivity contribution in [2.45, 2.75) is 25.8 Å². The number of terminal acetylenes is 1. The second-order valence-corrected chi connectivity index (χ2v) is 3.36. The van der Waals surface area contributed by atoms with Gasteiger partial charge in [-0.2, -0.15) is 0 Å². The van der Waals surface area contributed by atoms with Gasteiger partial charge in [-0.3, -0.25) is 10.1 Å². The maximum absolute atomic E-state index is 11.5. The molecule has 0 aromatic carbocycles. The van der Waals surface area contributed by atoms with Crippen molar-refractivity contribution >= 4 is 5.91 Å². The Morgan fingerprint density at radius 2 is 2.23 bits per heavy atom. The van der Waals surface area contributed by atoms with Gasteiger partial charge in [0.15, 0.2) is 0 Å². The molecule has 0 spiro atoms. The van der Waals surface area contributed by atoms with E-state index in [4.69, 9.17) is 6.42 Å². The molecule has 1 N–H and O–H groups in total. The third-order valence-electron chi connectivity index (χ3n) is 2.27. The SMILES string of the molecule is C#CC(C)NCC(=O)N1CCCC1. The van der Waals surface area contributed by atoms with E-state index in [0.29, 0.717) is 6.54 Å². The minimum atomic E-state index is -0.0217. The molecule has 0 aromatic rings. The van der Waals surface area contributed by atoms with Crippen LogP contribution in [0.15, 0.2) is 0 Å². The molecule has 3 heteroatoms. The number of carbonyl (C=O) groups is 1. The molecule has 1 atom stereocenters. The van der Waals surface area contributed by atoms with E-state index >= 15 is 0 Å². The van der Waals surface area contributed by atoms with Crippen molar-refractivity contribution in [2.24, 2.45) is 0 Å². The molecule has 1 aliphatic rings. The fourth-order valence-corrected chi connectivity index (χ4v) is 1.38. The van der Waals surface area contributed by atoms with Crippen LogP contribution in [-0.4, -0.2) is 36.5 Å². The number of rotatable bonds is 3. The number of hydrogen-bond acceptors (Lipinski definition) is 2. The van der Waals surface area contributed by atoms with E-state index < -0.39 is 0 Å².